The van der Waals surface area contributed by atoms with E-state index in [2.05, 4.69) is 33.8 Å². The molecule has 0 bridgehead atoms. The van der Waals surface area contributed by atoms with Gasteiger partial charge in [0.15, 0.2) is 0 Å². The smallest absolute Gasteiger partial charge is 0.00513 e. The Bertz CT molecular complexity index is 123. The van der Waals surface area contributed by atoms with Gasteiger partial charge < -0.3 is 5.73 Å². The van der Waals surface area contributed by atoms with Crippen LogP contribution in [0.4, 0.5) is 0 Å². The average molecular weight is 155 g/mol. The van der Waals surface area contributed by atoms with Crippen molar-refractivity contribution in [3.8, 4) is 0 Å². The van der Waals surface area contributed by atoms with Crippen LogP contribution in [0.5, 0.6) is 0 Å². The Morgan fingerprint density at radius 1 is 1.36 bits per heavy atom. The van der Waals surface area contributed by atoms with Gasteiger partial charge in [-0.25, -0.2) is 0 Å². The van der Waals surface area contributed by atoms with Crippen molar-refractivity contribution in [3.05, 3.63) is 11.6 Å². The number of hydrogen-bond donors (Lipinski definition) is 1. The summed E-state index contributed by atoms with van der Waals surface area (Å²) in [7, 11) is 0. The fourth-order valence-electron chi connectivity index (χ4n) is 1.37. The molecule has 0 aliphatic heterocycles. The molecular weight excluding hydrogens is 134 g/mol. The van der Waals surface area contributed by atoms with Crippen LogP contribution in [0, 0.1) is 11.8 Å². The van der Waals surface area contributed by atoms with Gasteiger partial charge in [0.2, 0.25) is 0 Å². The Kier molecular flexibility index (Phi) is 5.22. The Morgan fingerprint density at radius 2 is 1.91 bits per heavy atom. The van der Waals surface area contributed by atoms with E-state index in [1.165, 1.54) is 12.0 Å². The molecule has 0 rings (SSSR count). The third-order valence-electron chi connectivity index (χ3n) is 1.79. The van der Waals surface area contributed by atoms with Crippen LogP contribution in [0.25, 0.3) is 0 Å². The molecule has 0 heterocycles. The van der Waals surface area contributed by atoms with Gasteiger partial charge in [-0.15, -0.1) is 0 Å². The first kappa shape index (κ1) is 10.7. The van der Waals surface area contributed by atoms with E-state index in [1.54, 1.807) is 0 Å². The van der Waals surface area contributed by atoms with Gasteiger partial charge in [-0.1, -0.05) is 25.5 Å². The first-order chi connectivity index (χ1) is 5.06. The largest absolute Gasteiger partial charge is 0.330 e. The van der Waals surface area contributed by atoms with E-state index in [4.69, 9.17) is 5.73 Å². The molecule has 11 heavy (non-hydrogen) atoms. The number of allylic oxidation sites excluding steroid dienone is 2. The Labute approximate surface area is 70.7 Å². The van der Waals surface area contributed by atoms with Crippen molar-refractivity contribution in [1.29, 1.82) is 0 Å². The highest BCUT2D eigenvalue weighted by Gasteiger charge is 2.03. The van der Waals surface area contributed by atoms with Gasteiger partial charge in [0, 0.05) is 0 Å². The van der Waals surface area contributed by atoms with Crippen LogP contribution in [-0.2, 0) is 0 Å². The first-order valence-electron chi connectivity index (χ1n) is 4.41. The van der Waals surface area contributed by atoms with E-state index in [9.17, 15) is 0 Å². The monoisotopic (exact) mass is 155 g/mol. The molecule has 0 aromatic carbocycles. The molecule has 0 aliphatic rings. The summed E-state index contributed by atoms with van der Waals surface area (Å²) in [5, 5.41) is 0. The highest BCUT2D eigenvalue weighted by molar-refractivity contribution is 4.96. The lowest BCUT2D eigenvalue weighted by Crippen LogP contribution is -2.13. The van der Waals surface area contributed by atoms with Crippen LogP contribution in [0.2, 0.25) is 0 Å². The normalized spacial score (nSPS) is 15.7. The van der Waals surface area contributed by atoms with Crippen molar-refractivity contribution in [2.75, 3.05) is 6.54 Å². The maximum Gasteiger partial charge on any atom is -0.00513 e. The Balaban J connectivity index is 3.69. The van der Waals surface area contributed by atoms with Gasteiger partial charge in [0.05, 0.1) is 0 Å². The van der Waals surface area contributed by atoms with Crippen molar-refractivity contribution < 1.29 is 0 Å². The zero-order valence-corrected chi connectivity index (χ0v) is 8.22. The molecule has 0 aromatic rings. The van der Waals surface area contributed by atoms with Crippen molar-refractivity contribution in [2.45, 2.75) is 34.1 Å². The lowest BCUT2D eigenvalue weighted by Gasteiger charge is -2.12. The zero-order chi connectivity index (χ0) is 8.85. The summed E-state index contributed by atoms with van der Waals surface area (Å²) in [5.74, 6) is 1.33. The minimum Gasteiger partial charge on any atom is -0.330 e. The second kappa shape index (κ2) is 5.36. The lowest BCUT2D eigenvalue weighted by molar-refractivity contribution is 0.474. The third kappa shape index (κ3) is 6.11. The maximum absolute atomic E-state index is 5.53. The zero-order valence-electron chi connectivity index (χ0n) is 8.22. The standard InChI is InChI=1S/C10H21N/c1-8(2)5-9(3)6-10(4)7-11/h5,9-10H,6-7,11H2,1-4H3/t9-,10?/m1/s1. The fourth-order valence-corrected chi connectivity index (χ4v) is 1.37. The van der Waals surface area contributed by atoms with Crippen LogP contribution in [0.1, 0.15) is 34.1 Å². The van der Waals surface area contributed by atoms with Crippen LogP contribution in [-0.4, -0.2) is 6.54 Å². The molecule has 0 saturated carbocycles. The predicted molar refractivity (Wildman–Crippen MR) is 51.4 cm³/mol. The number of rotatable bonds is 4. The molecule has 0 aliphatic carbocycles. The van der Waals surface area contributed by atoms with E-state index in [0.29, 0.717) is 11.8 Å². The van der Waals surface area contributed by atoms with E-state index in [-0.39, 0.29) is 0 Å². The molecule has 0 fully saturated rings. The van der Waals surface area contributed by atoms with E-state index < -0.39 is 0 Å². The highest BCUT2D eigenvalue weighted by Crippen LogP contribution is 2.13. The van der Waals surface area contributed by atoms with Crippen molar-refractivity contribution >= 4 is 0 Å². The second-order valence-corrected chi connectivity index (χ2v) is 3.80. The molecule has 1 nitrogen and oxygen atoms in total. The summed E-state index contributed by atoms with van der Waals surface area (Å²) in [6.45, 7) is 9.54. The van der Waals surface area contributed by atoms with Crippen molar-refractivity contribution in [2.24, 2.45) is 17.6 Å². The summed E-state index contributed by atoms with van der Waals surface area (Å²) >= 11 is 0. The summed E-state index contributed by atoms with van der Waals surface area (Å²) < 4.78 is 0. The molecule has 66 valence electrons. The van der Waals surface area contributed by atoms with Crippen molar-refractivity contribution in [1.82, 2.24) is 0 Å². The number of hydrogen-bond acceptors (Lipinski definition) is 1. The number of nitrogens with two attached hydrogens (primary N) is 1. The molecule has 1 unspecified atom stereocenters. The van der Waals surface area contributed by atoms with Gasteiger partial charge in [-0.3, -0.25) is 0 Å². The van der Waals surface area contributed by atoms with E-state index >= 15 is 0 Å². The van der Waals surface area contributed by atoms with Gasteiger partial charge in [0.1, 0.15) is 0 Å². The third-order valence-corrected chi connectivity index (χ3v) is 1.79. The van der Waals surface area contributed by atoms with Crippen LogP contribution in [0.3, 0.4) is 0 Å². The van der Waals surface area contributed by atoms with Crippen molar-refractivity contribution in [3.63, 3.8) is 0 Å². The Morgan fingerprint density at radius 3 is 2.27 bits per heavy atom. The van der Waals surface area contributed by atoms with E-state index in [1.807, 2.05) is 0 Å². The molecule has 2 atom stereocenters. The van der Waals surface area contributed by atoms with Gasteiger partial charge in [0.25, 0.3) is 0 Å². The predicted octanol–water partition coefficient (Wildman–Crippen LogP) is 2.57. The molecule has 2 N–H and O–H groups in total. The molecule has 1 heteroatoms. The van der Waals surface area contributed by atoms with E-state index in [0.717, 1.165) is 6.54 Å². The summed E-state index contributed by atoms with van der Waals surface area (Å²) in [5.41, 5.74) is 6.93. The van der Waals surface area contributed by atoms with Crippen LogP contribution in [0.15, 0.2) is 11.6 Å². The summed E-state index contributed by atoms with van der Waals surface area (Å²) in [4.78, 5) is 0. The van der Waals surface area contributed by atoms with Crippen LogP contribution >= 0.6 is 0 Å². The lowest BCUT2D eigenvalue weighted by atomic mass is 9.96. The summed E-state index contributed by atoms with van der Waals surface area (Å²) in [6.07, 6.45) is 3.52. The molecule has 0 saturated heterocycles. The van der Waals surface area contributed by atoms with Gasteiger partial charge in [-0.05, 0) is 38.6 Å². The molecule has 0 amide bonds. The first-order valence-corrected chi connectivity index (χ1v) is 4.41. The fraction of sp³-hybridized carbons (Fsp3) is 0.800. The minimum absolute atomic E-state index is 0.653. The molecule has 0 aromatic heterocycles. The van der Waals surface area contributed by atoms with Gasteiger partial charge in [-0.2, -0.15) is 0 Å². The van der Waals surface area contributed by atoms with Crippen LogP contribution < -0.4 is 5.73 Å². The topological polar surface area (TPSA) is 26.0 Å². The van der Waals surface area contributed by atoms with Gasteiger partial charge >= 0.3 is 0 Å². The quantitative estimate of drug-likeness (QED) is 0.620. The second-order valence-electron chi connectivity index (χ2n) is 3.80. The molecular formula is C10H21N. The maximum atomic E-state index is 5.53. The average Bonchev–Trinajstić information content (AvgIpc) is 1.85. The Hall–Kier alpha value is -0.300. The highest BCUT2D eigenvalue weighted by atomic mass is 14.5. The SMILES string of the molecule is CC(C)=C[C@@H](C)CC(C)CN. The molecule has 0 radical (unpaired) electrons. The molecule has 0 spiro atoms. The minimum atomic E-state index is 0.653. The summed E-state index contributed by atoms with van der Waals surface area (Å²) in [6, 6.07) is 0.